The van der Waals surface area contributed by atoms with Gasteiger partial charge in [-0.3, -0.25) is 4.57 Å². The Kier molecular flexibility index (Phi) is 3.00. The van der Waals surface area contributed by atoms with Crippen LogP contribution < -0.4 is 0 Å². The van der Waals surface area contributed by atoms with Gasteiger partial charge in [0.2, 0.25) is 0 Å². The van der Waals surface area contributed by atoms with Gasteiger partial charge in [0.15, 0.2) is 0 Å². The smallest absolute Gasteiger partial charge is 0.117 e. The molecule has 0 saturated heterocycles. The Bertz CT molecular complexity index is 792. The summed E-state index contributed by atoms with van der Waals surface area (Å²) in [6.45, 7) is 4.26. The maximum atomic E-state index is 9.01. The minimum Gasteiger partial charge on any atom is -0.296 e. The zero-order chi connectivity index (χ0) is 14.1. The molecule has 20 heavy (non-hydrogen) atoms. The third-order valence-corrected chi connectivity index (χ3v) is 3.34. The van der Waals surface area contributed by atoms with Crippen LogP contribution in [-0.2, 0) is 0 Å². The summed E-state index contributed by atoms with van der Waals surface area (Å²) in [4.78, 5) is 4.71. The summed E-state index contributed by atoms with van der Waals surface area (Å²) in [5.74, 6) is 1.33. The molecule has 1 aromatic heterocycles. The highest BCUT2D eigenvalue weighted by Gasteiger charge is 2.15. The molecule has 0 atom stereocenters. The number of rotatable bonds is 2. The van der Waals surface area contributed by atoms with Crippen molar-refractivity contribution in [2.75, 3.05) is 0 Å². The number of benzene rings is 2. The summed E-state index contributed by atoms with van der Waals surface area (Å²) in [5.41, 5.74) is 3.66. The molecule has 3 heteroatoms. The van der Waals surface area contributed by atoms with E-state index in [4.69, 9.17) is 10.2 Å². The molecule has 3 aromatic rings. The van der Waals surface area contributed by atoms with E-state index in [-0.39, 0.29) is 0 Å². The van der Waals surface area contributed by atoms with E-state index in [0.29, 0.717) is 11.5 Å². The Morgan fingerprint density at radius 3 is 2.50 bits per heavy atom. The van der Waals surface area contributed by atoms with Crippen molar-refractivity contribution in [1.29, 1.82) is 5.26 Å². The standard InChI is InChI=1S/C17H15N3/c1-12(2)17-19-15-10-13(11-18)8-9-16(15)20(17)14-6-4-3-5-7-14/h3-10,12H,1-2H3. The molecule has 98 valence electrons. The van der Waals surface area contributed by atoms with Gasteiger partial charge in [0, 0.05) is 11.6 Å². The topological polar surface area (TPSA) is 41.6 Å². The molecule has 1 heterocycles. The highest BCUT2D eigenvalue weighted by Crippen LogP contribution is 2.26. The van der Waals surface area contributed by atoms with E-state index in [1.807, 2.05) is 36.4 Å². The number of nitrogens with zero attached hydrogens (tertiary/aromatic N) is 3. The van der Waals surface area contributed by atoms with E-state index in [0.717, 1.165) is 22.5 Å². The average molecular weight is 261 g/mol. The van der Waals surface area contributed by atoms with Gasteiger partial charge in [0.05, 0.1) is 22.7 Å². The molecule has 2 aromatic carbocycles. The Balaban J connectivity index is 2.34. The van der Waals surface area contributed by atoms with Gasteiger partial charge in [-0.25, -0.2) is 4.98 Å². The van der Waals surface area contributed by atoms with Gasteiger partial charge >= 0.3 is 0 Å². The Labute approximate surface area is 118 Å². The molecule has 0 unspecified atom stereocenters. The van der Waals surface area contributed by atoms with Gasteiger partial charge in [-0.1, -0.05) is 32.0 Å². The lowest BCUT2D eigenvalue weighted by atomic mass is 10.2. The second-order valence-corrected chi connectivity index (χ2v) is 5.11. The Morgan fingerprint density at radius 1 is 1.10 bits per heavy atom. The summed E-state index contributed by atoms with van der Waals surface area (Å²) in [7, 11) is 0. The van der Waals surface area contributed by atoms with E-state index < -0.39 is 0 Å². The van der Waals surface area contributed by atoms with Crippen molar-refractivity contribution in [3.63, 3.8) is 0 Å². The van der Waals surface area contributed by atoms with Gasteiger partial charge in [-0.2, -0.15) is 5.26 Å². The lowest BCUT2D eigenvalue weighted by Crippen LogP contribution is -2.02. The quantitative estimate of drug-likeness (QED) is 0.699. The van der Waals surface area contributed by atoms with Crippen LogP contribution in [0.25, 0.3) is 16.7 Å². The van der Waals surface area contributed by atoms with E-state index in [1.165, 1.54) is 0 Å². The van der Waals surface area contributed by atoms with Crippen LogP contribution in [0.2, 0.25) is 0 Å². The average Bonchev–Trinajstić information content (AvgIpc) is 2.86. The van der Waals surface area contributed by atoms with Crippen LogP contribution in [-0.4, -0.2) is 9.55 Å². The van der Waals surface area contributed by atoms with Crippen LogP contribution in [0.15, 0.2) is 48.5 Å². The normalized spacial score (nSPS) is 10.9. The first-order chi connectivity index (χ1) is 9.70. The molecule has 0 spiro atoms. The molecule has 3 rings (SSSR count). The Morgan fingerprint density at radius 2 is 1.85 bits per heavy atom. The predicted molar refractivity (Wildman–Crippen MR) is 79.9 cm³/mol. The van der Waals surface area contributed by atoms with E-state index in [9.17, 15) is 0 Å². The number of para-hydroxylation sites is 1. The van der Waals surface area contributed by atoms with Gasteiger partial charge in [0.1, 0.15) is 5.82 Å². The second-order valence-electron chi connectivity index (χ2n) is 5.11. The third kappa shape index (κ3) is 1.96. The van der Waals surface area contributed by atoms with Crippen LogP contribution in [0, 0.1) is 11.3 Å². The zero-order valence-corrected chi connectivity index (χ0v) is 11.5. The summed E-state index contributed by atoms with van der Waals surface area (Å²) < 4.78 is 2.17. The van der Waals surface area contributed by atoms with Crippen molar-refractivity contribution in [3.05, 3.63) is 59.9 Å². The number of imidazole rings is 1. The fraction of sp³-hybridized carbons (Fsp3) is 0.176. The SMILES string of the molecule is CC(C)c1nc2cc(C#N)ccc2n1-c1ccccc1. The first kappa shape index (κ1) is 12.4. The molecule has 0 amide bonds. The first-order valence-electron chi connectivity index (χ1n) is 6.68. The van der Waals surface area contributed by atoms with Crippen molar-refractivity contribution >= 4 is 11.0 Å². The predicted octanol–water partition coefficient (Wildman–Crippen LogP) is 4.02. The zero-order valence-electron chi connectivity index (χ0n) is 11.5. The summed E-state index contributed by atoms with van der Waals surface area (Å²) >= 11 is 0. The molecule has 0 radical (unpaired) electrons. The molecular formula is C17H15N3. The fourth-order valence-corrected chi connectivity index (χ4v) is 2.40. The van der Waals surface area contributed by atoms with Crippen molar-refractivity contribution in [2.45, 2.75) is 19.8 Å². The molecule has 0 aliphatic rings. The van der Waals surface area contributed by atoms with Crippen molar-refractivity contribution in [1.82, 2.24) is 9.55 Å². The minimum atomic E-state index is 0.313. The van der Waals surface area contributed by atoms with E-state index in [2.05, 4.69) is 36.6 Å². The number of aromatic nitrogens is 2. The molecule has 0 bridgehead atoms. The fourth-order valence-electron chi connectivity index (χ4n) is 2.40. The van der Waals surface area contributed by atoms with Crippen LogP contribution in [0.1, 0.15) is 31.2 Å². The number of hydrogen-bond acceptors (Lipinski definition) is 2. The highest BCUT2D eigenvalue weighted by molar-refractivity contribution is 5.80. The largest absolute Gasteiger partial charge is 0.296 e. The van der Waals surface area contributed by atoms with Gasteiger partial charge < -0.3 is 0 Å². The summed E-state index contributed by atoms with van der Waals surface area (Å²) in [6, 6.07) is 18.0. The molecular weight excluding hydrogens is 246 g/mol. The first-order valence-corrected chi connectivity index (χ1v) is 6.68. The summed E-state index contributed by atoms with van der Waals surface area (Å²) in [6.07, 6.45) is 0. The second kappa shape index (κ2) is 4.82. The van der Waals surface area contributed by atoms with Gasteiger partial charge in [0.25, 0.3) is 0 Å². The minimum absolute atomic E-state index is 0.313. The summed E-state index contributed by atoms with van der Waals surface area (Å²) in [5, 5.41) is 9.01. The maximum absolute atomic E-state index is 9.01. The third-order valence-electron chi connectivity index (χ3n) is 3.34. The molecule has 3 nitrogen and oxygen atoms in total. The van der Waals surface area contributed by atoms with Crippen molar-refractivity contribution < 1.29 is 0 Å². The van der Waals surface area contributed by atoms with E-state index in [1.54, 1.807) is 0 Å². The molecule has 0 fully saturated rings. The maximum Gasteiger partial charge on any atom is 0.117 e. The molecule has 0 aliphatic heterocycles. The number of fused-ring (bicyclic) bond motifs is 1. The Hall–Kier alpha value is -2.60. The molecule has 0 aliphatic carbocycles. The highest BCUT2D eigenvalue weighted by atomic mass is 15.1. The van der Waals surface area contributed by atoms with Crippen LogP contribution in [0.4, 0.5) is 0 Å². The van der Waals surface area contributed by atoms with Crippen LogP contribution in [0.5, 0.6) is 0 Å². The molecule has 0 N–H and O–H groups in total. The number of nitriles is 1. The van der Waals surface area contributed by atoms with Crippen molar-refractivity contribution in [2.24, 2.45) is 0 Å². The van der Waals surface area contributed by atoms with Crippen molar-refractivity contribution in [3.8, 4) is 11.8 Å². The molecule has 0 saturated carbocycles. The monoisotopic (exact) mass is 261 g/mol. The van der Waals surface area contributed by atoms with Crippen LogP contribution >= 0.6 is 0 Å². The lowest BCUT2D eigenvalue weighted by Gasteiger charge is -2.11. The lowest BCUT2D eigenvalue weighted by molar-refractivity contribution is 0.760. The van der Waals surface area contributed by atoms with Crippen LogP contribution in [0.3, 0.4) is 0 Å². The van der Waals surface area contributed by atoms with Gasteiger partial charge in [-0.15, -0.1) is 0 Å². The van der Waals surface area contributed by atoms with Gasteiger partial charge in [-0.05, 0) is 30.3 Å². The van der Waals surface area contributed by atoms with E-state index >= 15 is 0 Å². The number of hydrogen-bond donors (Lipinski definition) is 0.